The van der Waals surface area contributed by atoms with Crippen molar-refractivity contribution in [2.45, 2.75) is 11.8 Å². The van der Waals surface area contributed by atoms with E-state index in [1.807, 2.05) is 0 Å². The Hall–Kier alpha value is 1.11. The van der Waals surface area contributed by atoms with Crippen molar-refractivity contribution >= 4 is 86.2 Å². The van der Waals surface area contributed by atoms with Crippen molar-refractivity contribution in [3.63, 3.8) is 0 Å². The van der Waals surface area contributed by atoms with Crippen LogP contribution >= 0.6 is 82.0 Å². The van der Waals surface area contributed by atoms with Crippen LogP contribution < -0.4 is 0 Å². The summed E-state index contributed by atoms with van der Waals surface area (Å²) in [4.78, 5) is 0.533. The summed E-state index contributed by atoms with van der Waals surface area (Å²) < 4.78 is 0.660. The van der Waals surface area contributed by atoms with Crippen molar-refractivity contribution in [3.8, 4) is 0 Å². The van der Waals surface area contributed by atoms with Gasteiger partial charge in [-0.05, 0) is 6.92 Å². The third-order valence-electron chi connectivity index (χ3n) is 1.42. The van der Waals surface area contributed by atoms with Gasteiger partial charge in [0.15, 0.2) is 0 Å². The molecule has 0 saturated heterocycles. The second-order valence-corrected chi connectivity index (χ2v) is 6.48. The van der Waals surface area contributed by atoms with Crippen LogP contribution in [-0.4, -0.2) is 4.20 Å². The first-order valence-corrected chi connectivity index (χ1v) is 6.67. The van der Waals surface area contributed by atoms with E-state index in [2.05, 4.69) is 0 Å². The van der Waals surface area contributed by atoms with E-state index in [1.165, 1.54) is 11.8 Å². The molecule has 0 aliphatic heterocycles. The molecule has 0 nitrogen and oxygen atoms in total. The molecule has 0 atom stereocenters. The molecule has 0 N–H and O–H groups in total. The van der Waals surface area contributed by atoms with Crippen molar-refractivity contribution < 1.29 is 0 Å². The summed E-state index contributed by atoms with van der Waals surface area (Å²) >= 11 is 35.7. The lowest BCUT2D eigenvalue weighted by atomic mass is 10.3. The summed E-state index contributed by atoms with van der Waals surface area (Å²) in [6.45, 7) is 1.75. The number of benzene rings is 1. The molecular formula is C8H3Cl5S2. The van der Waals surface area contributed by atoms with Crippen molar-refractivity contribution in [3.05, 3.63) is 25.1 Å². The summed E-state index contributed by atoms with van der Waals surface area (Å²) in [5.74, 6) is 0. The molecule has 0 amide bonds. The van der Waals surface area contributed by atoms with E-state index in [4.69, 9.17) is 70.2 Å². The van der Waals surface area contributed by atoms with E-state index in [1.54, 1.807) is 6.92 Å². The standard InChI is InChI=1S/C8H3Cl5S2/c1-2(14)15-8-6(12)4(10)3(9)5(11)7(8)13/h1H3. The second-order valence-electron chi connectivity index (χ2n) is 2.49. The molecular weight excluding hydrogens is 337 g/mol. The molecule has 82 valence electrons. The lowest BCUT2D eigenvalue weighted by molar-refractivity contribution is 1.47. The topological polar surface area (TPSA) is 0 Å². The van der Waals surface area contributed by atoms with Crippen LogP contribution in [0.5, 0.6) is 0 Å². The van der Waals surface area contributed by atoms with E-state index < -0.39 is 0 Å². The molecule has 0 saturated carbocycles. The van der Waals surface area contributed by atoms with Gasteiger partial charge in [0, 0.05) is 4.20 Å². The zero-order chi connectivity index (χ0) is 11.7. The highest BCUT2D eigenvalue weighted by Crippen LogP contribution is 2.47. The van der Waals surface area contributed by atoms with Crippen molar-refractivity contribution in [1.82, 2.24) is 0 Å². The molecule has 1 aromatic rings. The molecule has 0 bridgehead atoms. The van der Waals surface area contributed by atoms with Crippen LogP contribution in [0.2, 0.25) is 25.1 Å². The smallest absolute Gasteiger partial charge is 0.0809 e. The molecule has 1 rings (SSSR count). The summed E-state index contributed by atoms with van der Waals surface area (Å²) in [5, 5.41) is 1.06. The molecule has 0 heterocycles. The van der Waals surface area contributed by atoms with Crippen LogP contribution in [0.3, 0.4) is 0 Å². The molecule has 1 aromatic carbocycles. The Labute approximate surface area is 122 Å². The molecule has 15 heavy (non-hydrogen) atoms. The van der Waals surface area contributed by atoms with Crippen molar-refractivity contribution in [2.24, 2.45) is 0 Å². The quantitative estimate of drug-likeness (QED) is 0.251. The van der Waals surface area contributed by atoms with Crippen LogP contribution in [0.1, 0.15) is 6.92 Å². The fraction of sp³-hybridized carbons (Fsp3) is 0.125. The highest BCUT2D eigenvalue weighted by atomic mass is 35.5. The third kappa shape index (κ3) is 3.06. The molecule has 0 spiro atoms. The van der Waals surface area contributed by atoms with Gasteiger partial charge in [0.1, 0.15) is 0 Å². The Morgan fingerprint density at radius 2 is 1.20 bits per heavy atom. The van der Waals surface area contributed by atoms with Crippen LogP contribution in [0, 0.1) is 0 Å². The number of hydrogen-bond donors (Lipinski definition) is 0. The second kappa shape index (κ2) is 5.63. The van der Waals surface area contributed by atoms with E-state index >= 15 is 0 Å². The monoisotopic (exact) mass is 338 g/mol. The summed E-state index contributed by atoms with van der Waals surface area (Å²) in [6.07, 6.45) is 0. The normalized spacial score (nSPS) is 10.5. The number of thioether (sulfide) groups is 1. The Morgan fingerprint density at radius 1 is 0.867 bits per heavy atom. The summed E-state index contributed by atoms with van der Waals surface area (Å²) in [5.41, 5.74) is 0. The van der Waals surface area contributed by atoms with E-state index in [-0.39, 0.29) is 25.1 Å². The molecule has 0 fully saturated rings. The molecule has 0 aromatic heterocycles. The fourth-order valence-electron chi connectivity index (χ4n) is 0.818. The van der Waals surface area contributed by atoms with Crippen LogP contribution in [0.25, 0.3) is 0 Å². The Bertz CT molecular complexity index is 401. The van der Waals surface area contributed by atoms with Gasteiger partial charge in [-0.1, -0.05) is 82.0 Å². The zero-order valence-electron chi connectivity index (χ0n) is 7.21. The first-order chi connectivity index (χ1) is 6.86. The van der Waals surface area contributed by atoms with Gasteiger partial charge in [-0.25, -0.2) is 0 Å². The molecule has 0 radical (unpaired) electrons. The van der Waals surface area contributed by atoms with Gasteiger partial charge in [0.05, 0.1) is 30.0 Å². The number of thiocarbonyl (C=S) groups is 1. The first-order valence-electron chi connectivity index (χ1n) is 3.56. The minimum absolute atomic E-state index is 0.153. The number of hydrogen-bond acceptors (Lipinski definition) is 2. The largest absolute Gasteiger partial charge is 0.0813 e. The minimum atomic E-state index is 0.153. The van der Waals surface area contributed by atoms with E-state index in [0.717, 1.165) is 0 Å². The molecule has 0 unspecified atom stereocenters. The summed E-state index contributed by atoms with van der Waals surface area (Å²) in [6, 6.07) is 0. The van der Waals surface area contributed by atoms with Gasteiger partial charge in [-0.15, -0.1) is 0 Å². The fourth-order valence-corrected chi connectivity index (χ4v) is 3.22. The minimum Gasteiger partial charge on any atom is -0.0813 e. The third-order valence-corrected chi connectivity index (χ3v) is 5.07. The Morgan fingerprint density at radius 3 is 1.53 bits per heavy atom. The van der Waals surface area contributed by atoms with Crippen molar-refractivity contribution in [1.29, 1.82) is 0 Å². The van der Waals surface area contributed by atoms with Crippen LogP contribution in [0.4, 0.5) is 0 Å². The maximum Gasteiger partial charge on any atom is 0.0809 e. The highest BCUT2D eigenvalue weighted by molar-refractivity contribution is 8.23. The molecule has 0 aliphatic carbocycles. The lowest BCUT2D eigenvalue weighted by Crippen LogP contribution is -1.86. The van der Waals surface area contributed by atoms with Gasteiger partial charge >= 0.3 is 0 Å². The van der Waals surface area contributed by atoms with E-state index in [0.29, 0.717) is 9.09 Å². The van der Waals surface area contributed by atoms with Gasteiger partial charge < -0.3 is 0 Å². The molecule has 0 aliphatic rings. The highest BCUT2D eigenvalue weighted by Gasteiger charge is 2.19. The lowest BCUT2D eigenvalue weighted by Gasteiger charge is -2.10. The van der Waals surface area contributed by atoms with Crippen LogP contribution in [0.15, 0.2) is 4.90 Å². The first kappa shape index (κ1) is 14.2. The SMILES string of the molecule is CC(=S)Sc1c(Cl)c(Cl)c(Cl)c(Cl)c1Cl. The summed E-state index contributed by atoms with van der Waals surface area (Å²) in [7, 11) is 0. The van der Waals surface area contributed by atoms with Gasteiger partial charge in [-0.3, -0.25) is 0 Å². The predicted octanol–water partition coefficient (Wildman–Crippen LogP) is 6.39. The average Bonchev–Trinajstić information content (AvgIpc) is 2.18. The van der Waals surface area contributed by atoms with Crippen LogP contribution in [-0.2, 0) is 0 Å². The van der Waals surface area contributed by atoms with Crippen molar-refractivity contribution in [2.75, 3.05) is 0 Å². The van der Waals surface area contributed by atoms with Gasteiger partial charge in [0.25, 0.3) is 0 Å². The van der Waals surface area contributed by atoms with Gasteiger partial charge in [0.2, 0.25) is 0 Å². The average molecular weight is 341 g/mol. The Kier molecular flexibility index (Phi) is 5.32. The molecule has 7 heteroatoms. The zero-order valence-corrected chi connectivity index (χ0v) is 12.6. The van der Waals surface area contributed by atoms with Gasteiger partial charge in [-0.2, -0.15) is 0 Å². The number of rotatable bonds is 1. The van der Waals surface area contributed by atoms with E-state index in [9.17, 15) is 0 Å². The predicted molar refractivity (Wildman–Crippen MR) is 75.6 cm³/mol. The maximum atomic E-state index is 5.98. The maximum absolute atomic E-state index is 5.98. The Balaban J connectivity index is 3.45. The number of halogens is 5.